The van der Waals surface area contributed by atoms with Crippen LogP contribution in [0.4, 0.5) is 5.69 Å². The lowest BCUT2D eigenvalue weighted by molar-refractivity contribution is -0.141. The van der Waals surface area contributed by atoms with E-state index in [1.165, 1.54) is 11.8 Å². The van der Waals surface area contributed by atoms with E-state index in [0.717, 1.165) is 0 Å². The molecule has 2 unspecified atom stereocenters. The zero-order chi connectivity index (χ0) is 15.6. The summed E-state index contributed by atoms with van der Waals surface area (Å²) >= 11 is 6.05. The van der Waals surface area contributed by atoms with E-state index in [9.17, 15) is 14.4 Å². The Balaban J connectivity index is 2.08. The quantitative estimate of drug-likeness (QED) is 0.877. The third-order valence-electron chi connectivity index (χ3n) is 3.37. The lowest BCUT2D eigenvalue weighted by Gasteiger charge is -2.18. The van der Waals surface area contributed by atoms with Crippen LogP contribution < -0.4 is 10.2 Å². The normalized spacial score (nSPS) is 19.4. The second-order valence-electron chi connectivity index (χ2n) is 4.93. The highest BCUT2D eigenvalue weighted by Crippen LogP contribution is 2.30. The first-order valence-corrected chi connectivity index (χ1v) is 6.86. The van der Waals surface area contributed by atoms with E-state index in [1.54, 1.807) is 24.3 Å². The van der Waals surface area contributed by atoms with Crippen LogP contribution in [0.2, 0.25) is 5.02 Å². The molecule has 0 saturated carbocycles. The number of carboxylic acid groups (broad SMARTS) is 1. The molecule has 1 aliphatic rings. The molecule has 2 atom stereocenters. The van der Waals surface area contributed by atoms with Gasteiger partial charge in [-0.15, -0.1) is 0 Å². The third-order valence-corrected chi connectivity index (χ3v) is 3.69. The minimum atomic E-state index is -1.12. The van der Waals surface area contributed by atoms with Crippen molar-refractivity contribution in [2.75, 3.05) is 11.4 Å². The Morgan fingerprint density at radius 3 is 2.71 bits per heavy atom. The molecule has 0 aliphatic carbocycles. The van der Waals surface area contributed by atoms with Crippen LogP contribution in [0, 0.1) is 5.92 Å². The number of hydrogen-bond donors (Lipinski definition) is 2. The number of rotatable bonds is 4. The monoisotopic (exact) mass is 310 g/mol. The molecule has 1 heterocycles. The number of anilines is 1. The Kier molecular flexibility index (Phi) is 4.47. The molecule has 2 rings (SSSR count). The Labute approximate surface area is 126 Å². The van der Waals surface area contributed by atoms with Crippen LogP contribution in [-0.2, 0) is 14.4 Å². The molecule has 0 spiro atoms. The average molecular weight is 311 g/mol. The Bertz CT molecular complexity index is 590. The Morgan fingerprint density at radius 2 is 2.10 bits per heavy atom. The number of carbonyl (C=O) groups is 3. The zero-order valence-corrected chi connectivity index (χ0v) is 12.1. The predicted octanol–water partition coefficient (Wildman–Crippen LogP) is 1.28. The number of amides is 2. The van der Waals surface area contributed by atoms with Crippen molar-refractivity contribution in [1.29, 1.82) is 0 Å². The molecule has 112 valence electrons. The minimum absolute atomic E-state index is 0.0450. The highest BCUT2D eigenvalue weighted by molar-refractivity contribution is 6.33. The summed E-state index contributed by atoms with van der Waals surface area (Å²) in [4.78, 5) is 36.2. The van der Waals surface area contributed by atoms with E-state index in [-0.39, 0.29) is 18.9 Å². The molecule has 2 N–H and O–H groups in total. The molecule has 6 nitrogen and oxygen atoms in total. The van der Waals surface area contributed by atoms with Gasteiger partial charge in [-0.2, -0.15) is 0 Å². The number of nitrogens with zero attached hydrogens (tertiary/aromatic N) is 1. The molecule has 21 heavy (non-hydrogen) atoms. The molecule has 0 radical (unpaired) electrons. The van der Waals surface area contributed by atoms with Gasteiger partial charge in [-0.1, -0.05) is 23.7 Å². The summed E-state index contributed by atoms with van der Waals surface area (Å²) in [5.41, 5.74) is 0.561. The van der Waals surface area contributed by atoms with Crippen LogP contribution in [0.5, 0.6) is 0 Å². The van der Waals surface area contributed by atoms with Gasteiger partial charge < -0.3 is 15.3 Å². The maximum absolute atomic E-state index is 12.0. The molecule has 1 aromatic carbocycles. The zero-order valence-electron chi connectivity index (χ0n) is 11.4. The molecule has 1 aromatic rings. The molecule has 2 amide bonds. The summed E-state index contributed by atoms with van der Waals surface area (Å²) in [7, 11) is 0. The molecule has 1 fully saturated rings. The number of aliphatic carboxylic acids is 1. The predicted molar refractivity (Wildman–Crippen MR) is 77.2 cm³/mol. The van der Waals surface area contributed by atoms with Gasteiger partial charge in [-0.05, 0) is 19.1 Å². The van der Waals surface area contributed by atoms with E-state index in [1.807, 2.05) is 0 Å². The lowest BCUT2D eigenvalue weighted by Crippen LogP contribution is -2.42. The van der Waals surface area contributed by atoms with Gasteiger partial charge in [0.05, 0.1) is 16.6 Å². The van der Waals surface area contributed by atoms with E-state index >= 15 is 0 Å². The van der Waals surface area contributed by atoms with E-state index in [0.29, 0.717) is 10.7 Å². The number of carbonyl (C=O) groups excluding carboxylic acids is 2. The fraction of sp³-hybridized carbons (Fsp3) is 0.357. The van der Waals surface area contributed by atoms with E-state index < -0.39 is 23.8 Å². The minimum Gasteiger partial charge on any atom is -0.480 e. The summed E-state index contributed by atoms with van der Waals surface area (Å²) in [6, 6.07) is 5.91. The van der Waals surface area contributed by atoms with Gasteiger partial charge in [-0.25, -0.2) is 0 Å². The summed E-state index contributed by atoms with van der Waals surface area (Å²) in [5.74, 6) is -2.33. The van der Waals surface area contributed by atoms with Gasteiger partial charge in [-0.3, -0.25) is 14.4 Å². The summed E-state index contributed by atoms with van der Waals surface area (Å²) < 4.78 is 0. The standard InChI is InChI=1S/C14H15ClN2O4/c1-8(14(20)21)16-13(19)9-6-12(18)17(7-9)11-5-3-2-4-10(11)15/h2-5,8-9H,6-7H2,1H3,(H,16,19)(H,20,21). The molecule has 1 saturated heterocycles. The number of benzene rings is 1. The maximum Gasteiger partial charge on any atom is 0.325 e. The fourth-order valence-corrected chi connectivity index (χ4v) is 2.42. The second kappa shape index (κ2) is 6.13. The first-order chi connectivity index (χ1) is 9.90. The van der Waals surface area contributed by atoms with Crippen molar-refractivity contribution < 1.29 is 19.5 Å². The maximum atomic E-state index is 12.0. The van der Waals surface area contributed by atoms with E-state index in [4.69, 9.17) is 16.7 Å². The van der Waals surface area contributed by atoms with Crippen molar-refractivity contribution in [1.82, 2.24) is 5.32 Å². The summed E-state index contributed by atoms with van der Waals surface area (Å²) in [5, 5.41) is 11.6. The van der Waals surface area contributed by atoms with Crippen LogP contribution in [0.3, 0.4) is 0 Å². The topological polar surface area (TPSA) is 86.7 Å². The SMILES string of the molecule is CC(NC(=O)C1CC(=O)N(c2ccccc2Cl)C1)C(=O)O. The second-order valence-corrected chi connectivity index (χ2v) is 5.33. The molecule has 0 aromatic heterocycles. The van der Waals surface area contributed by atoms with Gasteiger partial charge in [0, 0.05) is 13.0 Å². The number of hydrogen-bond acceptors (Lipinski definition) is 3. The van der Waals surface area contributed by atoms with Gasteiger partial charge in [0.15, 0.2) is 0 Å². The van der Waals surface area contributed by atoms with E-state index in [2.05, 4.69) is 5.32 Å². The third kappa shape index (κ3) is 3.33. The van der Waals surface area contributed by atoms with Crippen LogP contribution in [0.15, 0.2) is 24.3 Å². The number of halogens is 1. The first kappa shape index (κ1) is 15.3. The molecular formula is C14H15ClN2O4. The van der Waals surface area contributed by atoms with Crippen molar-refractivity contribution in [2.24, 2.45) is 5.92 Å². The molecular weight excluding hydrogens is 296 g/mol. The molecule has 0 bridgehead atoms. The molecule has 7 heteroatoms. The van der Waals surface area contributed by atoms with Gasteiger partial charge in [0.1, 0.15) is 6.04 Å². The van der Waals surface area contributed by atoms with Crippen molar-refractivity contribution >= 4 is 35.1 Å². The van der Waals surface area contributed by atoms with Crippen LogP contribution in [0.25, 0.3) is 0 Å². The first-order valence-electron chi connectivity index (χ1n) is 6.48. The highest BCUT2D eigenvalue weighted by atomic mass is 35.5. The largest absolute Gasteiger partial charge is 0.480 e. The van der Waals surface area contributed by atoms with Crippen LogP contribution >= 0.6 is 11.6 Å². The van der Waals surface area contributed by atoms with Gasteiger partial charge >= 0.3 is 5.97 Å². The Hall–Kier alpha value is -2.08. The van der Waals surface area contributed by atoms with Crippen LogP contribution in [0.1, 0.15) is 13.3 Å². The lowest BCUT2D eigenvalue weighted by atomic mass is 10.1. The van der Waals surface area contributed by atoms with Crippen molar-refractivity contribution in [3.63, 3.8) is 0 Å². The molecule has 1 aliphatic heterocycles. The highest BCUT2D eigenvalue weighted by Gasteiger charge is 2.36. The summed E-state index contributed by atoms with van der Waals surface area (Å²) in [6.45, 7) is 1.57. The van der Waals surface area contributed by atoms with Crippen molar-refractivity contribution in [3.05, 3.63) is 29.3 Å². The van der Waals surface area contributed by atoms with Gasteiger partial charge in [0.2, 0.25) is 11.8 Å². The average Bonchev–Trinajstić information content (AvgIpc) is 2.81. The smallest absolute Gasteiger partial charge is 0.325 e. The van der Waals surface area contributed by atoms with Crippen molar-refractivity contribution in [2.45, 2.75) is 19.4 Å². The fourth-order valence-electron chi connectivity index (χ4n) is 2.18. The Morgan fingerprint density at radius 1 is 1.43 bits per heavy atom. The number of para-hydroxylation sites is 1. The summed E-state index contributed by atoms with van der Waals surface area (Å²) in [6.07, 6.45) is 0.0450. The number of carboxylic acids is 1. The number of nitrogens with one attached hydrogen (secondary N) is 1. The van der Waals surface area contributed by atoms with Gasteiger partial charge in [0.25, 0.3) is 0 Å². The van der Waals surface area contributed by atoms with Crippen molar-refractivity contribution in [3.8, 4) is 0 Å². The van der Waals surface area contributed by atoms with Crippen LogP contribution in [-0.4, -0.2) is 35.5 Å².